The Kier molecular flexibility index (Phi) is 3.68. The fourth-order valence-electron chi connectivity index (χ4n) is 1.88. The minimum absolute atomic E-state index is 0.731. The van der Waals surface area contributed by atoms with Crippen LogP contribution < -0.4 is 4.90 Å². The predicted molar refractivity (Wildman–Crippen MR) is 67.8 cm³/mol. The molecule has 0 amide bonds. The summed E-state index contributed by atoms with van der Waals surface area (Å²) in [7, 11) is 0. The van der Waals surface area contributed by atoms with E-state index in [1.165, 1.54) is 12.2 Å². The maximum absolute atomic E-state index is 9.18. The Hall–Kier alpha value is -1.21. The van der Waals surface area contributed by atoms with Gasteiger partial charge in [0.15, 0.2) is 0 Å². The molecule has 16 heavy (non-hydrogen) atoms. The van der Waals surface area contributed by atoms with Crippen LogP contribution in [0.5, 0.6) is 0 Å². The molecule has 3 nitrogen and oxygen atoms in total. The number of nitriles is 1. The van der Waals surface area contributed by atoms with Gasteiger partial charge < -0.3 is 4.90 Å². The number of nitrogens with zero attached hydrogens (tertiary/aromatic N) is 3. The van der Waals surface area contributed by atoms with E-state index in [4.69, 9.17) is 0 Å². The van der Waals surface area contributed by atoms with Crippen molar-refractivity contribution in [2.75, 3.05) is 29.5 Å². The summed E-state index contributed by atoms with van der Waals surface area (Å²) in [5, 5.41) is 9.18. The number of pyridine rings is 1. The summed E-state index contributed by atoms with van der Waals surface area (Å²) in [6.45, 7) is 3.98. The molecule has 84 valence electrons. The van der Waals surface area contributed by atoms with Crippen molar-refractivity contribution >= 4 is 17.6 Å². The van der Waals surface area contributed by atoms with Crippen LogP contribution in [0.2, 0.25) is 0 Å². The van der Waals surface area contributed by atoms with Gasteiger partial charge in [0.2, 0.25) is 0 Å². The fraction of sp³-hybridized carbons (Fsp3) is 0.500. The molecular formula is C12H15N3S. The molecule has 1 aliphatic rings. The number of aryl methyl sites for hydroxylation is 1. The zero-order chi connectivity index (χ0) is 11.4. The highest BCUT2D eigenvalue weighted by atomic mass is 32.2. The van der Waals surface area contributed by atoms with Crippen LogP contribution in [0.25, 0.3) is 0 Å². The number of aromatic nitrogens is 1. The van der Waals surface area contributed by atoms with Crippen molar-refractivity contribution in [3.63, 3.8) is 0 Å². The van der Waals surface area contributed by atoms with E-state index in [0.29, 0.717) is 0 Å². The Bertz CT molecular complexity index is 403. The molecule has 4 heteroatoms. The maximum atomic E-state index is 9.18. The minimum atomic E-state index is 0.731. The molecule has 0 aromatic carbocycles. The van der Waals surface area contributed by atoms with Crippen molar-refractivity contribution in [2.24, 2.45) is 0 Å². The molecule has 0 radical (unpaired) electrons. The van der Waals surface area contributed by atoms with Gasteiger partial charge in [-0.1, -0.05) is 0 Å². The van der Waals surface area contributed by atoms with E-state index in [2.05, 4.69) is 16.0 Å². The Labute approximate surface area is 100 Å². The molecule has 1 saturated heterocycles. The van der Waals surface area contributed by atoms with Crippen LogP contribution in [0.15, 0.2) is 12.3 Å². The topological polar surface area (TPSA) is 39.9 Å². The second kappa shape index (κ2) is 5.22. The van der Waals surface area contributed by atoms with E-state index in [9.17, 15) is 5.26 Å². The summed E-state index contributed by atoms with van der Waals surface area (Å²) >= 11 is 1.98. The second-order valence-electron chi connectivity index (χ2n) is 3.89. The number of rotatable bonds is 1. The normalized spacial score (nSPS) is 16.6. The van der Waals surface area contributed by atoms with Crippen LogP contribution in [-0.2, 0) is 0 Å². The average Bonchev–Trinajstić information content (AvgIpc) is 2.57. The standard InChI is InChI=1S/C12H15N3S/c1-10-3-4-14-12(11(10)9-13)15-5-2-7-16-8-6-15/h3-4H,2,5-8H2,1H3. The van der Waals surface area contributed by atoms with E-state index in [0.717, 1.165) is 35.8 Å². The number of hydrogen-bond donors (Lipinski definition) is 0. The lowest BCUT2D eigenvalue weighted by atomic mass is 10.1. The number of hydrogen-bond acceptors (Lipinski definition) is 4. The van der Waals surface area contributed by atoms with Crippen LogP contribution in [-0.4, -0.2) is 29.6 Å². The molecule has 0 aliphatic carbocycles. The summed E-state index contributed by atoms with van der Waals surface area (Å²) in [6.07, 6.45) is 2.97. The summed E-state index contributed by atoms with van der Waals surface area (Å²) in [6, 6.07) is 4.17. The summed E-state index contributed by atoms with van der Waals surface area (Å²) in [4.78, 5) is 6.61. The third-order valence-electron chi connectivity index (χ3n) is 2.77. The Morgan fingerprint density at radius 3 is 3.12 bits per heavy atom. The fourth-order valence-corrected chi connectivity index (χ4v) is 2.77. The summed E-state index contributed by atoms with van der Waals surface area (Å²) in [5.41, 5.74) is 1.75. The van der Waals surface area contributed by atoms with E-state index < -0.39 is 0 Å². The van der Waals surface area contributed by atoms with Crippen molar-refractivity contribution in [1.29, 1.82) is 5.26 Å². The van der Waals surface area contributed by atoms with Gasteiger partial charge in [0.05, 0.1) is 5.56 Å². The number of thioether (sulfide) groups is 1. The van der Waals surface area contributed by atoms with Crippen molar-refractivity contribution in [3.05, 3.63) is 23.4 Å². The van der Waals surface area contributed by atoms with E-state index in [1.54, 1.807) is 6.20 Å². The van der Waals surface area contributed by atoms with Crippen LogP contribution in [0, 0.1) is 18.3 Å². The van der Waals surface area contributed by atoms with Crippen LogP contribution in [0.1, 0.15) is 17.5 Å². The van der Waals surface area contributed by atoms with Gasteiger partial charge in [0.25, 0.3) is 0 Å². The molecule has 1 aromatic rings. The molecular weight excluding hydrogens is 218 g/mol. The molecule has 0 spiro atoms. The molecule has 1 aromatic heterocycles. The summed E-state index contributed by atoms with van der Waals surface area (Å²) in [5.74, 6) is 3.20. The van der Waals surface area contributed by atoms with E-state index in [-0.39, 0.29) is 0 Å². The van der Waals surface area contributed by atoms with Crippen molar-refractivity contribution < 1.29 is 0 Å². The van der Waals surface area contributed by atoms with Gasteiger partial charge in [-0.3, -0.25) is 0 Å². The third kappa shape index (κ3) is 2.30. The second-order valence-corrected chi connectivity index (χ2v) is 5.12. The lowest BCUT2D eigenvalue weighted by Crippen LogP contribution is -2.27. The molecule has 0 N–H and O–H groups in total. The highest BCUT2D eigenvalue weighted by Crippen LogP contribution is 2.22. The van der Waals surface area contributed by atoms with Gasteiger partial charge in [0.1, 0.15) is 11.9 Å². The maximum Gasteiger partial charge on any atom is 0.146 e. The van der Waals surface area contributed by atoms with Gasteiger partial charge in [-0.2, -0.15) is 17.0 Å². The average molecular weight is 233 g/mol. The van der Waals surface area contributed by atoms with E-state index in [1.807, 2.05) is 24.8 Å². The van der Waals surface area contributed by atoms with Crippen LogP contribution in [0.4, 0.5) is 5.82 Å². The Morgan fingerprint density at radius 1 is 1.44 bits per heavy atom. The van der Waals surface area contributed by atoms with Crippen LogP contribution >= 0.6 is 11.8 Å². The lowest BCUT2D eigenvalue weighted by Gasteiger charge is -2.22. The molecule has 0 unspecified atom stereocenters. The lowest BCUT2D eigenvalue weighted by molar-refractivity contribution is 0.799. The molecule has 1 fully saturated rings. The highest BCUT2D eigenvalue weighted by Gasteiger charge is 2.15. The highest BCUT2D eigenvalue weighted by molar-refractivity contribution is 7.99. The van der Waals surface area contributed by atoms with Crippen molar-refractivity contribution in [2.45, 2.75) is 13.3 Å². The van der Waals surface area contributed by atoms with Gasteiger partial charge in [-0.15, -0.1) is 0 Å². The first kappa shape index (κ1) is 11.3. The van der Waals surface area contributed by atoms with E-state index >= 15 is 0 Å². The first-order valence-electron chi connectivity index (χ1n) is 5.51. The molecule has 2 heterocycles. The van der Waals surface area contributed by atoms with Gasteiger partial charge in [-0.05, 0) is 30.7 Å². The van der Waals surface area contributed by atoms with Gasteiger partial charge >= 0.3 is 0 Å². The minimum Gasteiger partial charge on any atom is -0.355 e. The SMILES string of the molecule is Cc1ccnc(N2CCCSCC2)c1C#N. The first-order valence-corrected chi connectivity index (χ1v) is 6.67. The quantitative estimate of drug-likeness (QED) is 0.745. The Balaban J connectivity index is 2.31. The zero-order valence-electron chi connectivity index (χ0n) is 9.44. The molecule has 0 atom stereocenters. The summed E-state index contributed by atoms with van der Waals surface area (Å²) < 4.78 is 0. The zero-order valence-corrected chi connectivity index (χ0v) is 10.3. The predicted octanol–water partition coefficient (Wildman–Crippen LogP) is 2.21. The molecule has 0 saturated carbocycles. The largest absolute Gasteiger partial charge is 0.355 e. The van der Waals surface area contributed by atoms with Gasteiger partial charge in [0, 0.05) is 25.0 Å². The monoisotopic (exact) mass is 233 g/mol. The number of anilines is 1. The first-order chi connectivity index (χ1) is 7.83. The third-order valence-corrected chi connectivity index (χ3v) is 3.82. The van der Waals surface area contributed by atoms with Crippen molar-refractivity contribution in [1.82, 2.24) is 4.98 Å². The molecule has 1 aliphatic heterocycles. The van der Waals surface area contributed by atoms with Crippen molar-refractivity contribution in [3.8, 4) is 6.07 Å². The van der Waals surface area contributed by atoms with Crippen LogP contribution in [0.3, 0.4) is 0 Å². The van der Waals surface area contributed by atoms with Gasteiger partial charge in [-0.25, -0.2) is 4.98 Å². The molecule has 0 bridgehead atoms. The Morgan fingerprint density at radius 2 is 2.31 bits per heavy atom. The molecule has 2 rings (SSSR count). The smallest absolute Gasteiger partial charge is 0.146 e.